The number of hydrogen-bond donors (Lipinski definition) is 2. The van der Waals surface area contributed by atoms with Crippen LogP contribution in [0.1, 0.15) is 6.92 Å². The lowest BCUT2D eigenvalue weighted by Gasteiger charge is -2.03. The van der Waals surface area contributed by atoms with Crippen LogP contribution in [0.4, 0.5) is 0 Å². The van der Waals surface area contributed by atoms with Crippen molar-refractivity contribution in [2.24, 2.45) is 10.7 Å². The van der Waals surface area contributed by atoms with E-state index in [4.69, 9.17) is 11.0 Å². The van der Waals surface area contributed by atoms with Crippen molar-refractivity contribution in [1.82, 2.24) is 5.32 Å². The van der Waals surface area contributed by atoms with Gasteiger partial charge in [-0.3, -0.25) is 10.1 Å². The lowest BCUT2D eigenvalue weighted by molar-refractivity contribution is -0.118. The monoisotopic (exact) mass is 186 g/mol. The largest absolute Gasteiger partial charge is 0.368 e. The fourth-order valence-electron chi connectivity index (χ4n) is 0.423. The van der Waals surface area contributed by atoms with Gasteiger partial charge in [-0.2, -0.15) is 5.26 Å². The van der Waals surface area contributed by atoms with E-state index in [2.05, 4.69) is 10.3 Å². The van der Waals surface area contributed by atoms with Gasteiger partial charge in [-0.15, -0.1) is 0 Å². The van der Waals surface area contributed by atoms with Gasteiger partial charge < -0.3 is 5.73 Å². The summed E-state index contributed by atoms with van der Waals surface area (Å²) in [6, 6.07) is -0.603. The molecule has 0 radical (unpaired) electrons. The second kappa shape index (κ2) is 5.43. The average Bonchev–Trinajstić information content (AvgIpc) is 2.03. The van der Waals surface area contributed by atoms with Gasteiger partial charge in [0.15, 0.2) is 11.4 Å². The van der Waals surface area contributed by atoms with Crippen molar-refractivity contribution in [3.63, 3.8) is 0 Å². The zero-order valence-corrected chi connectivity index (χ0v) is 7.68. The third-order valence-electron chi connectivity index (χ3n) is 1.08. The second-order valence-electron chi connectivity index (χ2n) is 1.95. The third-order valence-corrected chi connectivity index (χ3v) is 1.67. The molecule has 1 unspecified atom stereocenters. The van der Waals surface area contributed by atoms with Gasteiger partial charge in [0.2, 0.25) is 5.91 Å². The first-order valence-electron chi connectivity index (χ1n) is 3.18. The number of nitrogens with two attached hydrogens (primary N) is 1. The Morgan fingerprint density at radius 1 is 1.83 bits per heavy atom. The molecular formula is C6H10N4OS. The van der Waals surface area contributed by atoms with Crippen molar-refractivity contribution in [3.8, 4) is 6.19 Å². The van der Waals surface area contributed by atoms with Crippen molar-refractivity contribution in [1.29, 1.82) is 5.26 Å². The van der Waals surface area contributed by atoms with Crippen LogP contribution in [-0.2, 0) is 4.79 Å². The first kappa shape index (κ1) is 10.8. The van der Waals surface area contributed by atoms with E-state index in [9.17, 15) is 4.79 Å². The van der Waals surface area contributed by atoms with Crippen molar-refractivity contribution in [2.45, 2.75) is 13.0 Å². The molecule has 0 fully saturated rings. The Kier molecular flexibility index (Phi) is 4.88. The van der Waals surface area contributed by atoms with Crippen LogP contribution in [-0.4, -0.2) is 23.4 Å². The second-order valence-corrected chi connectivity index (χ2v) is 2.75. The molecule has 0 spiro atoms. The topological polar surface area (TPSA) is 91.3 Å². The van der Waals surface area contributed by atoms with E-state index in [1.165, 1.54) is 11.8 Å². The summed E-state index contributed by atoms with van der Waals surface area (Å²) >= 11 is 1.25. The molecule has 0 bridgehead atoms. The van der Waals surface area contributed by atoms with Crippen LogP contribution in [0, 0.1) is 11.5 Å². The Hall–Kier alpha value is -1.22. The molecule has 0 heterocycles. The zero-order valence-electron chi connectivity index (χ0n) is 6.87. The number of hydrogen-bond acceptors (Lipinski definition) is 4. The number of carbonyl (C=O) groups is 1. The predicted molar refractivity (Wildman–Crippen MR) is 48.4 cm³/mol. The fraction of sp³-hybridized carbons (Fsp3) is 0.500. The number of primary amides is 1. The van der Waals surface area contributed by atoms with Crippen LogP contribution >= 0.6 is 11.8 Å². The van der Waals surface area contributed by atoms with Crippen molar-refractivity contribution in [3.05, 3.63) is 0 Å². The molecule has 0 aromatic carbocycles. The number of aliphatic imine (C=N–C) groups is 1. The number of amides is 1. The van der Waals surface area contributed by atoms with Gasteiger partial charge in [0, 0.05) is 0 Å². The standard InChI is InChI=1S/C6H10N4OS/c1-4(5(8)11)10-6(12-2)9-3-7/h4H,1-2H3,(H2,8,11)(H,9,10). The highest BCUT2D eigenvalue weighted by atomic mass is 32.2. The molecule has 0 saturated heterocycles. The smallest absolute Gasteiger partial charge is 0.242 e. The van der Waals surface area contributed by atoms with E-state index in [1.54, 1.807) is 19.4 Å². The van der Waals surface area contributed by atoms with Gasteiger partial charge in [-0.25, -0.2) is 4.99 Å². The molecule has 66 valence electrons. The molecular weight excluding hydrogens is 176 g/mol. The lowest BCUT2D eigenvalue weighted by atomic mass is 10.3. The lowest BCUT2D eigenvalue weighted by Crippen LogP contribution is -2.27. The molecule has 12 heavy (non-hydrogen) atoms. The molecule has 6 heteroatoms. The SMILES string of the molecule is CSC(=NC(C)C(N)=O)NC#N. The number of nitriles is 1. The zero-order chi connectivity index (χ0) is 9.56. The van der Waals surface area contributed by atoms with Crippen LogP contribution in [0.15, 0.2) is 4.99 Å². The minimum atomic E-state index is -0.603. The molecule has 0 aliphatic carbocycles. The summed E-state index contributed by atoms with van der Waals surface area (Å²) in [4.78, 5) is 14.4. The van der Waals surface area contributed by atoms with Crippen LogP contribution in [0.25, 0.3) is 0 Å². The Balaban J connectivity index is 4.28. The summed E-state index contributed by atoms with van der Waals surface area (Å²) in [5, 5.41) is 11.0. The molecule has 3 N–H and O–H groups in total. The Bertz CT molecular complexity index is 232. The van der Waals surface area contributed by atoms with E-state index >= 15 is 0 Å². The maximum absolute atomic E-state index is 10.6. The maximum Gasteiger partial charge on any atom is 0.242 e. The van der Waals surface area contributed by atoms with E-state index < -0.39 is 11.9 Å². The van der Waals surface area contributed by atoms with Gasteiger partial charge >= 0.3 is 0 Å². The summed E-state index contributed by atoms with van der Waals surface area (Å²) in [6.07, 6.45) is 3.46. The van der Waals surface area contributed by atoms with E-state index in [0.29, 0.717) is 5.17 Å². The van der Waals surface area contributed by atoms with E-state index in [0.717, 1.165) is 0 Å². The minimum Gasteiger partial charge on any atom is -0.368 e. The quantitative estimate of drug-likeness (QED) is 0.267. The summed E-state index contributed by atoms with van der Waals surface area (Å²) < 4.78 is 0. The van der Waals surface area contributed by atoms with Gasteiger partial charge in [0.25, 0.3) is 0 Å². The first-order chi connectivity index (χ1) is 5.61. The third kappa shape index (κ3) is 3.83. The van der Waals surface area contributed by atoms with Crippen molar-refractivity contribution >= 4 is 22.8 Å². The normalized spacial score (nSPS) is 13.2. The van der Waals surface area contributed by atoms with E-state index in [-0.39, 0.29) is 0 Å². The number of nitrogens with zero attached hydrogens (tertiary/aromatic N) is 2. The van der Waals surface area contributed by atoms with Crippen LogP contribution in [0.3, 0.4) is 0 Å². The number of thioether (sulfide) groups is 1. The highest BCUT2D eigenvalue weighted by Crippen LogP contribution is 1.97. The molecule has 0 rings (SSSR count). The first-order valence-corrected chi connectivity index (χ1v) is 4.40. The van der Waals surface area contributed by atoms with Crippen LogP contribution < -0.4 is 11.1 Å². The molecule has 1 atom stereocenters. The van der Waals surface area contributed by atoms with Crippen molar-refractivity contribution in [2.75, 3.05) is 6.26 Å². The summed E-state index contributed by atoms with van der Waals surface area (Å²) in [7, 11) is 0. The van der Waals surface area contributed by atoms with Gasteiger partial charge in [-0.05, 0) is 13.2 Å². The minimum absolute atomic E-state index is 0.392. The average molecular weight is 186 g/mol. The summed E-state index contributed by atoms with van der Waals surface area (Å²) in [6.45, 7) is 1.57. The number of nitrogens with one attached hydrogen (secondary N) is 1. The Morgan fingerprint density at radius 3 is 2.75 bits per heavy atom. The Labute approximate surface area is 75.0 Å². The predicted octanol–water partition coefficient (Wildman–Crippen LogP) is -0.350. The highest BCUT2D eigenvalue weighted by Gasteiger charge is 2.07. The van der Waals surface area contributed by atoms with Gasteiger partial charge in [-0.1, -0.05) is 11.8 Å². The molecule has 0 aliphatic heterocycles. The van der Waals surface area contributed by atoms with Crippen molar-refractivity contribution < 1.29 is 4.79 Å². The van der Waals surface area contributed by atoms with Gasteiger partial charge in [0.1, 0.15) is 6.04 Å². The summed E-state index contributed by atoms with van der Waals surface area (Å²) in [5.41, 5.74) is 4.97. The number of rotatable bonds is 2. The van der Waals surface area contributed by atoms with Crippen LogP contribution in [0.2, 0.25) is 0 Å². The summed E-state index contributed by atoms with van der Waals surface area (Å²) in [5.74, 6) is -0.513. The maximum atomic E-state index is 10.6. The Morgan fingerprint density at radius 2 is 2.42 bits per heavy atom. The van der Waals surface area contributed by atoms with Crippen LogP contribution in [0.5, 0.6) is 0 Å². The number of carbonyl (C=O) groups excluding carboxylic acids is 1. The molecule has 0 aromatic heterocycles. The molecule has 0 aromatic rings. The molecule has 5 nitrogen and oxygen atoms in total. The molecule has 0 aliphatic rings. The number of amidine groups is 1. The van der Waals surface area contributed by atoms with Gasteiger partial charge in [0.05, 0.1) is 0 Å². The fourth-order valence-corrected chi connectivity index (χ4v) is 0.835. The molecule has 1 amide bonds. The highest BCUT2D eigenvalue weighted by molar-refractivity contribution is 8.13. The van der Waals surface area contributed by atoms with E-state index in [1.807, 2.05) is 0 Å². The molecule has 0 saturated carbocycles.